The minimum atomic E-state index is 0.245. The molecule has 3 heteroatoms. The Morgan fingerprint density at radius 3 is 2.73 bits per heavy atom. The number of carbonyl (C=O) groups excluding carboxylic acids is 1. The lowest BCUT2D eigenvalue weighted by Gasteiger charge is -2.24. The van der Waals surface area contributed by atoms with Gasteiger partial charge in [0.1, 0.15) is 12.0 Å². The van der Waals surface area contributed by atoms with Crippen molar-refractivity contribution in [1.82, 2.24) is 5.32 Å². The summed E-state index contributed by atoms with van der Waals surface area (Å²) in [6.07, 6.45) is 2.94. The van der Waals surface area contributed by atoms with E-state index >= 15 is 0 Å². The second-order valence-corrected chi connectivity index (χ2v) is 3.96. The van der Waals surface area contributed by atoms with E-state index in [0.29, 0.717) is 11.5 Å². The molecule has 1 aromatic rings. The summed E-state index contributed by atoms with van der Waals surface area (Å²) in [6.45, 7) is 1.97. The van der Waals surface area contributed by atoms with Crippen LogP contribution in [0.1, 0.15) is 34.7 Å². The average Bonchev–Trinajstić information content (AvgIpc) is 2.30. The van der Waals surface area contributed by atoms with Crippen LogP contribution in [0.2, 0.25) is 0 Å². The standard InChI is InChI=1S/C12H15NO2/c14-8-10-1-2-11(15)7-12(10)9-3-5-13-6-4-9/h1-2,7-9,13,15H,3-6H2. The van der Waals surface area contributed by atoms with Crippen molar-refractivity contribution in [1.29, 1.82) is 0 Å². The first-order valence-corrected chi connectivity index (χ1v) is 5.30. The molecular formula is C12H15NO2. The van der Waals surface area contributed by atoms with E-state index in [1.807, 2.05) is 0 Å². The monoisotopic (exact) mass is 205 g/mol. The largest absolute Gasteiger partial charge is 0.508 e. The Kier molecular flexibility index (Phi) is 3.02. The molecule has 1 heterocycles. The Balaban J connectivity index is 2.31. The summed E-state index contributed by atoms with van der Waals surface area (Å²) in [5, 5.41) is 12.7. The van der Waals surface area contributed by atoms with Gasteiger partial charge in [-0.15, -0.1) is 0 Å². The lowest BCUT2D eigenvalue weighted by atomic mass is 9.87. The Morgan fingerprint density at radius 1 is 1.33 bits per heavy atom. The third kappa shape index (κ3) is 2.18. The van der Waals surface area contributed by atoms with E-state index in [1.165, 1.54) is 0 Å². The van der Waals surface area contributed by atoms with Gasteiger partial charge < -0.3 is 10.4 Å². The lowest BCUT2D eigenvalue weighted by Crippen LogP contribution is -2.27. The van der Waals surface area contributed by atoms with Gasteiger partial charge in [-0.3, -0.25) is 4.79 Å². The fourth-order valence-corrected chi connectivity index (χ4v) is 2.16. The van der Waals surface area contributed by atoms with E-state index < -0.39 is 0 Å². The van der Waals surface area contributed by atoms with Gasteiger partial charge in [-0.05, 0) is 55.6 Å². The van der Waals surface area contributed by atoms with Crippen LogP contribution in [0.15, 0.2) is 18.2 Å². The maximum atomic E-state index is 10.9. The molecule has 0 aromatic heterocycles. The van der Waals surface area contributed by atoms with Gasteiger partial charge in [0, 0.05) is 5.56 Å². The molecule has 1 aromatic carbocycles. The number of aromatic hydroxyl groups is 1. The van der Waals surface area contributed by atoms with Crippen LogP contribution in [0.4, 0.5) is 0 Å². The predicted octanol–water partition coefficient (Wildman–Crippen LogP) is 1.67. The summed E-state index contributed by atoms with van der Waals surface area (Å²) >= 11 is 0. The summed E-state index contributed by atoms with van der Waals surface area (Å²) in [5.74, 6) is 0.646. The number of hydrogen-bond acceptors (Lipinski definition) is 3. The average molecular weight is 205 g/mol. The molecule has 0 amide bonds. The van der Waals surface area contributed by atoms with Crippen LogP contribution >= 0.6 is 0 Å². The van der Waals surface area contributed by atoms with Gasteiger partial charge in [0.25, 0.3) is 0 Å². The highest BCUT2D eigenvalue weighted by atomic mass is 16.3. The van der Waals surface area contributed by atoms with Crippen molar-refractivity contribution in [2.24, 2.45) is 0 Å². The number of phenolic OH excluding ortho intramolecular Hbond substituents is 1. The van der Waals surface area contributed by atoms with Crippen LogP contribution in [0.25, 0.3) is 0 Å². The molecule has 0 saturated carbocycles. The molecule has 2 N–H and O–H groups in total. The van der Waals surface area contributed by atoms with E-state index in [2.05, 4.69) is 5.32 Å². The first kappa shape index (κ1) is 10.2. The normalized spacial score (nSPS) is 17.6. The molecule has 80 valence electrons. The number of hydrogen-bond donors (Lipinski definition) is 2. The molecule has 3 nitrogen and oxygen atoms in total. The van der Waals surface area contributed by atoms with Crippen LogP contribution in [0.5, 0.6) is 5.75 Å². The number of aldehydes is 1. The SMILES string of the molecule is O=Cc1ccc(O)cc1C1CCNCC1. The summed E-state index contributed by atoms with van der Waals surface area (Å²) < 4.78 is 0. The Bertz CT molecular complexity index is 357. The molecular weight excluding hydrogens is 190 g/mol. The number of carbonyl (C=O) groups is 1. The molecule has 0 spiro atoms. The number of nitrogens with one attached hydrogen (secondary N) is 1. The molecule has 2 rings (SSSR count). The smallest absolute Gasteiger partial charge is 0.150 e. The highest BCUT2D eigenvalue weighted by molar-refractivity contribution is 5.78. The first-order valence-electron chi connectivity index (χ1n) is 5.30. The van der Waals surface area contributed by atoms with Crippen molar-refractivity contribution in [3.8, 4) is 5.75 Å². The minimum Gasteiger partial charge on any atom is -0.508 e. The van der Waals surface area contributed by atoms with Gasteiger partial charge in [0.2, 0.25) is 0 Å². The van der Waals surface area contributed by atoms with Gasteiger partial charge in [-0.2, -0.15) is 0 Å². The molecule has 0 bridgehead atoms. The zero-order chi connectivity index (χ0) is 10.7. The lowest BCUT2D eigenvalue weighted by molar-refractivity contribution is 0.112. The van der Waals surface area contributed by atoms with Gasteiger partial charge >= 0.3 is 0 Å². The third-order valence-corrected chi connectivity index (χ3v) is 2.98. The van der Waals surface area contributed by atoms with Crippen molar-refractivity contribution in [2.75, 3.05) is 13.1 Å². The molecule has 1 aliphatic rings. The van der Waals surface area contributed by atoms with Crippen molar-refractivity contribution in [2.45, 2.75) is 18.8 Å². The number of piperidine rings is 1. The van der Waals surface area contributed by atoms with E-state index in [4.69, 9.17) is 0 Å². The molecule has 0 aliphatic carbocycles. The maximum Gasteiger partial charge on any atom is 0.150 e. The quantitative estimate of drug-likeness (QED) is 0.722. The fraction of sp³-hybridized carbons (Fsp3) is 0.417. The topological polar surface area (TPSA) is 49.3 Å². The fourth-order valence-electron chi connectivity index (χ4n) is 2.16. The number of rotatable bonds is 2. The Hall–Kier alpha value is -1.35. The van der Waals surface area contributed by atoms with Crippen molar-refractivity contribution in [3.63, 3.8) is 0 Å². The Morgan fingerprint density at radius 2 is 2.07 bits per heavy atom. The minimum absolute atomic E-state index is 0.245. The van der Waals surface area contributed by atoms with Crippen LogP contribution in [0.3, 0.4) is 0 Å². The molecule has 15 heavy (non-hydrogen) atoms. The summed E-state index contributed by atoms with van der Waals surface area (Å²) in [4.78, 5) is 10.9. The molecule has 0 atom stereocenters. The van der Waals surface area contributed by atoms with Crippen LogP contribution in [-0.2, 0) is 0 Å². The summed E-state index contributed by atoms with van der Waals surface area (Å²) in [6, 6.07) is 4.98. The predicted molar refractivity (Wildman–Crippen MR) is 58.3 cm³/mol. The van der Waals surface area contributed by atoms with Crippen LogP contribution in [-0.4, -0.2) is 24.5 Å². The number of benzene rings is 1. The first-order chi connectivity index (χ1) is 7.31. The van der Waals surface area contributed by atoms with Crippen LogP contribution in [0, 0.1) is 0 Å². The molecule has 0 radical (unpaired) electrons. The highest BCUT2D eigenvalue weighted by Gasteiger charge is 2.18. The third-order valence-electron chi connectivity index (χ3n) is 2.98. The van der Waals surface area contributed by atoms with E-state index in [1.54, 1.807) is 18.2 Å². The zero-order valence-corrected chi connectivity index (χ0v) is 8.57. The summed E-state index contributed by atoms with van der Waals surface area (Å²) in [7, 11) is 0. The second kappa shape index (κ2) is 4.45. The second-order valence-electron chi connectivity index (χ2n) is 3.96. The number of phenols is 1. The van der Waals surface area contributed by atoms with Crippen molar-refractivity contribution in [3.05, 3.63) is 29.3 Å². The highest BCUT2D eigenvalue weighted by Crippen LogP contribution is 2.29. The van der Waals surface area contributed by atoms with Gasteiger partial charge in [0.05, 0.1) is 0 Å². The van der Waals surface area contributed by atoms with E-state index in [9.17, 15) is 9.90 Å². The molecule has 0 unspecified atom stereocenters. The maximum absolute atomic E-state index is 10.9. The van der Waals surface area contributed by atoms with Crippen molar-refractivity contribution < 1.29 is 9.90 Å². The summed E-state index contributed by atoms with van der Waals surface area (Å²) in [5.41, 5.74) is 1.70. The molecule has 1 saturated heterocycles. The zero-order valence-electron chi connectivity index (χ0n) is 8.57. The van der Waals surface area contributed by atoms with Gasteiger partial charge in [-0.25, -0.2) is 0 Å². The van der Waals surface area contributed by atoms with Crippen molar-refractivity contribution >= 4 is 6.29 Å². The van der Waals surface area contributed by atoms with E-state index in [-0.39, 0.29) is 5.75 Å². The molecule has 1 fully saturated rings. The Labute approximate surface area is 89.1 Å². The van der Waals surface area contributed by atoms with Crippen LogP contribution < -0.4 is 5.32 Å². The van der Waals surface area contributed by atoms with Gasteiger partial charge in [-0.1, -0.05) is 0 Å². The van der Waals surface area contributed by atoms with Gasteiger partial charge in [0.15, 0.2) is 0 Å². The van der Waals surface area contributed by atoms with E-state index in [0.717, 1.165) is 37.8 Å². The molecule has 1 aliphatic heterocycles.